The van der Waals surface area contributed by atoms with Crippen molar-refractivity contribution in [3.8, 4) is 0 Å². The van der Waals surface area contributed by atoms with Crippen molar-refractivity contribution in [1.29, 1.82) is 0 Å². The van der Waals surface area contributed by atoms with Crippen LogP contribution in [0.5, 0.6) is 0 Å². The fourth-order valence-electron chi connectivity index (χ4n) is 2.13. The Balaban J connectivity index is 1.88. The van der Waals surface area contributed by atoms with E-state index >= 15 is 0 Å². The highest BCUT2D eigenvalue weighted by Crippen LogP contribution is 2.16. The molecule has 1 N–H and O–H groups in total. The molecule has 0 aliphatic rings. The van der Waals surface area contributed by atoms with Crippen LogP contribution < -0.4 is 10.2 Å². The largest absolute Gasteiger partial charge is 0.367 e. The molecule has 0 fully saturated rings. The second kappa shape index (κ2) is 7.27. The van der Waals surface area contributed by atoms with Crippen molar-refractivity contribution in [2.75, 3.05) is 18.5 Å². The van der Waals surface area contributed by atoms with Gasteiger partial charge in [0.25, 0.3) is 0 Å². The molecule has 0 saturated heterocycles. The molecule has 0 aliphatic heterocycles. The van der Waals surface area contributed by atoms with E-state index in [4.69, 9.17) is 4.52 Å². The lowest BCUT2D eigenvalue weighted by atomic mass is 10.2. The fourth-order valence-corrected chi connectivity index (χ4v) is 2.13. The van der Waals surface area contributed by atoms with Gasteiger partial charge >= 0.3 is 0 Å². The third kappa shape index (κ3) is 4.90. The Morgan fingerprint density at radius 2 is 1.95 bits per heavy atom. The van der Waals surface area contributed by atoms with Gasteiger partial charge in [0, 0.05) is 25.3 Å². The molecule has 0 aliphatic carbocycles. The van der Waals surface area contributed by atoms with Crippen molar-refractivity contribution in [1.82, 2.24) is 10.5 Å². The van der Waals surface area contributed by atoms with Crippen LogP contribution in [0.3, 0.4) is 0 Å². The lowest BCUT2D eigenvalue weighted by molar-refractivity contribution is 0.374. The molecule has 114 valence electrons. The van der Waals surface area contributed by atoms with Crippen LogP contribution >= 0.6 is 0 Å². The molecule has 4 nitrogen and oxygen atoms in total. The first-order chi connectivity index (χ1) is 10.0. The molecule has 0 spiro atoms. The Labute approximate surface area is 127 Å². The van der Waals surface area contributed by atoms with Gasteiger partial charge in [0.05, 0.1) is 12.2 Å². The topological polar surface area (TPSA) is 41.3 Å². The van der Waals surface area contributed by atoms with Crippen LogP contribution in [-0.2, 0) is 13.1 Å². The van der Waals surface area contributed by atoms with Gasteiger partial charge in [-0.1, -0.05) is 36.7 Å². The van der Waals surface area contributed by atoms with Crippen LogP contribution in [0.2, 0.25) is 0 Å². The summed E-state index contributed by atoms with van der Waals surface area (Å²) in [5.74, 6) is 1.53. The van der Waals surface area contributed by atoms with E-state index in [1.54, 1.807) is 0 Å². The zero-order valence-electron chi connectivity index (χ0n) is 13.4. The van der Waals surface area contributed by atoms with Crippen LogP contribution in [0.15, 0.2) is 34.9 Å². The summed E-state index contributed by atoms with van der Waals surface area (Å²) >= 11 is 0. The normalized spacial score (nSPS) is 11.1. The summed E-state index contributed by atoms with van der Waals surface area (Å²) in [5.41, 5.74) is 3.41. The molecule has 0 unspecified atom stereocenters. The number of aromatic nitrogens is 1. The van der Waals surface area contributed by atoms with E-state index in [0.29, 0.717) is 5.92 Å². The second-order valence-electron chi connectivity index (χ2n) is 6.00. The summed E-state index contributed by atoms with van der Waals surface area (Å²) in [5, 5.41) is 7.48. The van der Waals surface area contributed by atoms with Crippen LogP contribution in [0.25, 0.3) is 0 Å². The van der Waals surface area contributed by atoms with E-state index in [9.17, 15) is 0 Å². The van der Waals surface area contributed by atoms with Crippen molar-refractivity contribution in [2.24, 2.45) is 5.92 Å². The highest BCUT2D eigenvalue weighted by atomic mass is 16.5. The van der Waals surface area contributed by atoms with Crippen LogP contribution in [0.1, 0.15) is 30.9 Å². The summed E-state index contributed by atoms with van der Waals surface area (Å²) in [6, 6.07) is 10.5. The molecule has 1 aromatic heterocycles. The number of anilines is 1. The van der Waals surface area contributed by atoms with Gasteiger partial charge in [-0.15, -0.1) is 0 Å². The van der Waals surface area contributed by atoms with Crippen molar-refractivity contribution >= 4 is 5.69 Å². The minimum Gasteiger partial charge on any atom is -0.367 e. The number of aryl methyl sites for hydroxylation is 1. The smallest absolute Gasteiger partial charge is 0.156 e. The molecule has 0 atom stereocenters. The quantitative estimate of drug-likeness (QED) is 0.848. The molecular weight excluding hydrogens is 262 g/mol. The average molecular weight is 287 g/mol. The predicted octanol–water partition coefficient (Wildman–Crippen LogP) is 3.37. The molecule has 1 heterocycles. The summed E-state index contributed by atoms with van der Waals surface area (Å²) in [4.78, 5) is 2.16. The molecule has 0 saturated carbocycles. The SMILES string of the molecule is Cc1ccc(N(C)Cc2cc(CNCC(C)C)no2)cc1. The lowest BCUT2D eigenvalue weighted by Crippen LogP contribution is -2.19. The Bertz CT molecular complexity index is 545. The van der Waals surface area contributed by atoms with E-state index in [2.05, 4.69) is 67.5 Å². The third-order valence-corrected chi connectivity index (χ3v) is 3.33. The standard InChI is InChI=1S/C17H25N3O/c1-13(2)10-18-11-15-9-17(21-19-15)12-20(4)16-7-5-14(3)6-8-16/h5-9,13,18H,10-12H2,1-4H3. The van der Waals surface area contributed by atoms with Gasteiger partial charge in [-0.05, 0) is 31.5 Å². The van der Waals surface area contributed by atoms with Crippen LogP contribution in [-0.4, -0.2) is 18.7 Å². The van der Waals surface area contributed by atoms with E-state index < -0.39 is 0 Å². The lowest BCUT2D eigenvalue weighted by Gasteiger charge is -2.17. The minimum absolute atomic E-state index is 0.643. The van der Waals surface area contributed by atoms with Gasteiger partial charge in [-0.2, -0.15) is 0 Å². The average Bonchev–Trinajstić information content (AvgIpc) is 2.86. The summed E-state index contributed by atoms with van der Waals surface area (Å²) < 4.78 is 5.41. The van der Waals surface area contributed by atoms with E-state index in [1.807, 2.05) is 6.07 Å². The minimum atomic E-state index is 0.643. The number of rotatable bonds is 7. The third-order valence-electron chi connectivity index (χ3n) is 3.33. The summed E-state index contributed by atoms with van der Waals surface area (Å²) in [7, 11) is 2.06. The Kier molecular flexibility index (Phi) is 5.39. The Hall–Kier alpha value is -1.81. The van der Waals surface area contributed by atoms with Gasteiger partial charge in [-0.3, -0.25) is 0 Å². The monoisotopic (exact) mass is 287 g/mol. The molecule has 0 amide bonds. The van der Waals surface area contributed by atoms with E-state index in [1.165, 1.54) is 11.3 Å². The van der Waals surface area contributed by atoms with Gasteiger partial charge < -0.3 is 14.7 Å². The van der Waals surface area contributed by atoms with Crippen molar-refractivity contribution in [3.05, 3.63) is 47.3 Å². The first-order valence-corrected chi connectivity index (χ1v) is 7.47. The number of hydrogen-bond donors (Lipinski definition) is 1. The first-order valence-electron chi connectivity index (χ1n) is 7.47. The maximum atomic E-state index is 5.41. The van der Waals surface area contributed by atoms with Crippen LogP contribution in [0.4, 0.5) is 5.69 Å². The first kappa shape index (κ1) is 15.6. The fraction of sp³-hybridized carbons (Fsp3) is 0.471. The van der Waals surface area contributed by atoms with Crippen molar-refractivity contribution in [2.45, 2.75) is 33.9 Å². The highest BCUT2D eigenvalue weighted by Gasteiger charge is 2.08. The number of benzene rings is 1. The van der Waals surface area contributed by atoms with Crippen molar-refractivity contribution < 1.29 is 4.52 Å². The zero-order valence-corrected chi connectivity index (χ0v) is 13.4. The Morgan fingerprint density at radius 1 is 1.24 bits per heavy atom. The maximum Gasteiger partial charge on any atom is 0.156 e. The summed E-state index contributed by atoms with van der Waals surface area (Å²) in [6.45, 7) is 8.95. The van der Waals surface area contributed by atoms with Crippen LogP contribution in [0, 0.1) is 12.8 Å². The maximum absolute atomic E-state index is 5.41. The number of nitrogens with zero attached hydrogens (tertiary/aromatic N) is 2. The van der Waals surface area contributed by atoms with E-state index in [-0.39, 0.29) is 0 Å². The van der Waals surface area contributed by atoms with Gasteiger partial charge in [0.1, 0.15) is 0 Å². The molecular formula is C17H25N3O. The van der Waals surface area contributed by atoms with Gasteiger partial charge in [-0.25, -0.2) is 0 Å². The van der Waals surface area contributed by atoms with Gasteiger partial charge in [0.2, 0.25) is 0 Å². The number of nitrogens with one attached hydrogen (secondary N) is 1. The van der Waals surface area contributed by atoms with Gasteiger partial charge in [0.15, 0.2) is 5.76 Å². The molecule has 0 radical (unpaired) electrons. The zero-order chi connectivity index (χ0) is 15.2. The van der Waals surface area contributed by atoms with Crippen molar-refractivity contribution in [3.63, 3.8) is 0 Å². The highest BCUT2D eigenvalue weighted by molar-refractivity contribution is 5.46. The predicted molar refractivity (Wildman–Crippen MR) is 86.3 cm³/mol. The Morgan fingerprint density at radius 3 is 2.62 bits per heavy atom. The molecule has 0 bridgehead atoms. The molecule has 2 rings (SSSR count). The second-order valence-corrected chi connectivity index (χ2v) is 6.00. The number of hydrogen-bond acceptors (Lipinski definition) is 4. The molecule has 1 aromatic carbocycles. The van der Waals surface area contributed by atoms with E-state index in [0.717, 1.165) is 31.1 Å². The molecule has 2 aromatic rings. The summed E-state index contributed by atoms with van der Waals surface area (Å²) in [6.07, 6.45) is 0. The molecule has 21 heavy (non-hydrogen) atoms. The molecule has 4 heteroatoms.